The molecule has 0 aromatic heterocycles. The fourth-order valence-corrected chi connectivity index (χ4v) is 7.05. The summed E-state index contributed by atoms with van der Waals surface area (Å²) in [5.74, 6) is 0.192. The number of phenolic OH excluding ortho intramolecular Hbond substituents is 1. The van der Waals surface area contributed by atoms with Gasteiger partial charge in [0.15, 0.2) is 9.80 Å². The Hall–Kier alpha value is -1.32. The molecule has 0 saturated heterocycles. The van der Waals surface area contributed by atoms with Crippen LogP contribution < -0.4 is 14.0 Å². The van der Waals surface area contributed by atoms with E-state index in [0.29, 0.717) is 21.6 Å². The Bertz CT molecular complexity index is 849. The van der Waals surface area contributed by atoms with Gasteiger partial charge in [0, 0.05) is 4.91 Å². The number of rotatable bonds is 4. The first-order chi connectivity index (χ1) is 11.7. The van der Waals surface area contributed by atoms with E-state index < -0.39 is 20.0 Å². The van der Waals surface area contributed by atoms with Crippen molar-refractivity contribution in [2.45, 2.75) is 13.8 Å². The number of benzene rings is 2. The van der Waals surface area contributed by atoms with E-state index in [-0.39, 0.29) is 5.75 Å². The summed E-state index contributed by atoms with van der Waals surface area (Å²) in [7, 11) is -4.66. The van der Waals surface area contributed by atoms with Crippen LogP contribution in [0, 0.1) is 24.1 Å². The summed E-state index contributed by atoms with van der Waals surface area (Å²) in [5, 5.41) is 9.95. The zero-order chi connectivity index (χ0) is 18.2. The highest BCUT2D eigenvalue weighted by molar-refractivity contribution is 8.85. The van der Waals surface area contributed by atoms with Gasteiger partial charge in [-0.25, -0.2) is 0 Å². The summed E-state index contributed by atoms with van der Waals surface area (Å²) in [6, 6.07) is 13.0. The maximum atomic E-state index is 11.1. The molecule has 1 N–H and O–H groups in total. The zero-order valence-corrected chi connectivity index (χ0v) is 15.8. The van der Waals surface area contributed by atoms with Crippen molar-refractivity contribution in [1.82, 2.24) is 0 Å². The van der Waals surface area contributed by atoms with Gasteiger partial charge in [-0.2, -0.15) is 14.0 Å². The minimum Gasteiger partial charge on any atom is -0.507 e. The van der Waals surface area contributed by atoms with Crippen LogP contribution in [-0.4, -0.2) is 9.97 Å². The van der Waals surface area contributed by atoms with Gasteiger partial charge in [0.25, 0.3) is 0 Å². The Labute approximate surface area is 153 Å². The van der Waals surface area contributed by atoms with Gasteiger partial charge in [-0.15, -0.1) is 0 Å². The summed E-state index contributed by atoms with van der Waals surface area (Å²) >= 11 is 0. The molecule has 25 heavy (non-hydrogen) atoms. The third-order valence-electron chi connectivity index (χ3n) is 3.58. The predicted molar refractivity (Wildman–Crippen MR) is 92.4 cm³/mol. The second kappa shape index (κ2) is 7.13. The average molecular weight is 399 g/mol. The molecule has 2 aromatic rings. The van der Waals surface area contributed by atoms with Gasteiger partial charge in [0.1, 0.15) is 9.49 Å². The minimum atomic E-state index is -4.55. The van der Waals surface area contributed by atoms with Gasteiger partial charge < -0.3 is 5.11 Å². The molecule has 0 aliphatic carbocycles. The first kappa shape index (κ1) is 18.5. The number of aromatic hydroxyl groups is 1. The van der Waals surface area contributed by atoms with Crippen LogP contribution in [0.4, 0.5) is 0 Å². The topological polar surface area (TPSA) is 98.6 Å². The lowest BCUT2D eigenvalue weighted by Gasteiger charge is -2.14. The molecule has 5 nitrogen and oxygen atoms in total. The van der Waals surface area contributed by atoms with E-state index in [1.165, 1.54) is 10.8 Å². The molecule has 1 heterocycles. The molecule has 132 valence electrons. The molecule has 2 aromatic carbocycles. The van der Waals surface area contributed by atoms with Crippen LogP contribution in [0.1, 0.15) is 22.3 Å². The number of aryl methyl sites for hydroxylation is 2. The Balaban J connectivity index is 2.08. The fourth-order valence-electron chi connectivity index (χ4n) is 2.45. The number of allylic oxidation sites excluding steroid dienone is 1. The van der Waals surface area contributed by atoms with Gasteiger partial charge in [-0.05, 0) is 65.1 Å². The van der Waals surface area contributed by atoms with Crippen LogP contribution in [0.15, 0.2) is 48.5 Å². The van der Waals surface area contributed by atoms with Crippen LogP contribution in [0.3, 0.4) is 0 Å². The highest BCUT2D eigenvalue weighted by Gasteiger charge is 2.31. The van der Waals surface area contributed by atoms with E-state index in [2.05, 4.69) is 0 Å². The molecule has 1 aliphatic heterocycles. The van der Waals surface area contributed by atoms with E-state index in [1.807, 2.05) is 36.4 Å². The fraction of sp³-hybridized carbons (Fsp3) is 0.118. The van der Waals surface area contributed by atoms with Crippen LogP contribution in [0.5, 0.6) is 5.75 Å². The largest absolute Gasteiger partial charge is 0.507 e. The second-order valence-electron chi connectivity index (χ2n) is 5.46. The minimum absolute atomic E-state index is 0.192. The predicted octanol–water partition coefficient (Wildman–Crippen LogP) is 1.33. The molecular formula is C17H15ClO5S2. The van der Waals surface area contributed by atoms with Crippen LogP contribution in [0.2, 0.25) is 0 Å². The summed E-state index contributed by atoms with van der Waals surface area (Å²) in [6.45, 7) is 3.52. The van der Waals surface area contributed by atoms with Crippen molar-refractivity contribution in [3.05, 3.63) is 70.8 Å². The highest BCUT2D eigenvalue weighted by Crippen LogP contribution is 2.51. The van der Waals surface area contributed by atoms with Crippen molar-refractivity contribution in [3.63, 3.8) is 0 Å². The molecule has 1 unspecified atom stereocenters. The quantitative estimate of drug-likeness (QED) is 0.616. The Morgan fingerprint density at radius 3 is 2.16 bits per heavy atom. The van der Waals surface area contributed by atoms with Crippen LogP contribution in [0.25, 0.3) is 4.91 Å². The highest BCUT2D eigenvalue weighted by atomic mass is 35.7. The lowest BCUT2D eigenvalue weighted by Crippen LogP contribution is -2.60. The van der Waals surface area contributed by atoms with Crippen molar-refractivity contribution in [2.75, 3.05) is 0 Å². The van der Waals surface area contributed by atoms with E-state index in [9.17, 15) is 19.1 Å². The smallest absolute Gasteiger partial charge is 0.180 e. The molecule has 0 saturated carbocycles. The monoisotopic (exact) mass is 398 g/mol. The molecule has 8 heteroatoms. The van der Waals surface area contributed by atoms with Crippen molar-refractivity contribution < 1.29 is 33.1 Å². The molecule has 3 rings (SSSR count). The second-order valence-corrected chi connectivity index (χ2v) is 9.64. The first-order valence-corrected chi connectivity index (χ1v) is 10.9. The lowest BCUT2D eigenvalue weighted by molar-refractivity contribution is -1.91. The maximum absolute atomic E-state index is 11.1. The van der Waals surface area contributed by atoms with Gasteiger partial charge in [0.05, 0.1) is 15.1 Å². The standard InChI is InChI=1S/C17H15ClO5S2/c1-11-8-14(9-12(2)17(11)19)16-10-15(13-6-4-3-5-7-13)24-25(16)23-18(20,21)22/h3-10,19H,1-2H3. The average Bonchev–Trinajstić information content (AvgIpc) is 2.95. The first-order valence-electron chi connectivity index (χ1n) is 7.23. The molecular weight excluding hydrogens is 384 g/mol. The van der Waals surface area contributed by atoms with Gasteiger partial charge in [-0.1, -0.05) is 30.3 Å². The van der Waals surface area contributed by atoms with Crippen molar-refractivity contribution >= 4 is 30.4 Å². The third-order valence-corrected chi connectivity index (χ3v) is 8.04. The normalized spacial score (nSPS) is 17.7. The molecule has 0 bridgehead atoms. The third kappa shape index (κ3) is 4.27. The number of phenols is 1. The van der Waals surface area contributed by atoms with E-state index in [0.717, 1.165) is 10.5 Å². The summed E-state index contributed by atoms with van der Waals surface area (Å²) in [4.78, 5) is 1.42. The van der Waals surface area contributed by atoms with E-state index >= 15 is 0 Å². The van der Waals surface area contributed by atoms with E-state index in [4.69, 9.17) is 3.74 Å². The summed E-state index contributed by atoms with van der Waals surface area (Å²) < 4.78 is 38.1. The number of halogens is 1. The van der Waals surface area contributed by atoms with Crippen molar-refractivity contribution in [3.8, 4) is 5.75 Å². The number of hydrogen-bond acceptors (Lipinski definition) is 6. The Morgan fingerprint density at radius 2 is 1.60 bits per heavy atom. The maximum Gasteiger partial charge on any atom is 0.180 e. The summed E-state index contributed by atoms with van der Waals surface area (Å²) in [5.41, 5.74) is 2.96. The molecule has 1 atom stereocenters. The molecule has 0 fully saturated rings. The van der Waals surface area contributed by atoms with Gasteiger partial charge in [-0.3, -0.25) is 0 Å². The van der Waals surface area contributed by atoms with Crippen LogP contribution in [-0.2, 0) is 3.74 Å². The molecule has 0 amide bonds. The van der Waals surface area contributed by atoms with Gasteiger partial charge in [0.2, 0.25) is 0 Å². The van der Waals surface area contributed by atoms with Gasteiger partial charge >= 0.3 is 0 Å². The number of hydrogen-bond donors (Lipinski definition) is 1. The van der Waals surface area contributed by atoms with Crippen molar-refractivity contribution in [2.24, 2.45) is 0 Å². The molecule has 0 spiro atoms. The molecule has 1 aliphatic rings. The Morgan fingerprint density at radius 1 is 1.00 bits per heavy atom. The zero-order valence-electron chi connectivity index (χ0n) is 13.4. The lowest BCUT2D eigenvalue weighted by atomic mass is 10.0. The Kier molecular flexibility index (Phi) is 5.26. The van der Waals surface area contributed by atoms with Crippen molar-refractivity contribution in [1.29, 1.82) is 0 Å². The van der Waals surface area contributed by atoms with Crippen LogP contribution >= 0.6 is 20.6 Å². The molecule has 0 radical (unpaired) electrons. The SMILES string of the molecule is Cc1cc(C2=S(O[Cl+3]([O-])([O-])[O-])SC(c3ccccc3)=C2)cc(C)c1O. The van der Waals surface area contributed by atoms with E-state index in [1.54, 1.807) is 26.0 Å². The summed E-state index contributed by atoms with van der Waals surface area (Å²) in [6.07, 6.45) is 1.83.